The first-order valence-corrected chi connectivity index (χ1v) is 9.74. The fourth-order valence-corrected chi connectivity index (χ4v) is 3.85. The third kappa shape index (κ3) is 3.94. The minimum Gasteiger partial charge on any atom is -0.392 e. The summed E-state index contributed by atoms with van der Waals surface area (Å²) < 4.78 is 32.3. The van der Waals surface area contributed by atoms with Gasteiger partial charge in [0.2, 0.25) is 0 Å². The molecule has 0 atom stereocenters. The maximum absolute atomic E-state index is 13.2. The molecule has 27 heavy (non-hydrogen) atoms. The van der Waals surface area contributed by atoms with Gasteiger partial charge >= 0.3 is 0 Å². The predicted molar refractivity (Wildman–Crippen MR) is 102 cm³/mol. The number of halogens is 1. The molecule has 0 fully saturated rings. The molecule has 0 heterocycles. The van der Waals surface area contributed by atoms with Crippen LogP contribution in [0.1, 0.15) is 21.5 Å². The molecule has 5 nitrogen and oxygen atoms in total. The number of carbonyl (C=O) groups is 1. The van der Waals surface area contributed by atoms with Gasteiger partial charge in [-0.15, -0.1) is 0 Å². The van der Waals surface area contributed by atoms with Crippen molar-refractivity contribution in [3.05, 3.63) is 88.4 Å². The highest BCUT2D eigenvalue weighted by atomic mass is 35.5. The summed E-state index contributed by atoms with van der Waals surface area (Å²) >= 11 is 5.83. The minimum atomic E-state index is -4.58. The number of ketones is 1. The Bertz CT molecular complexity index is 1110. The number of aliphatic hydroxyl groups is 1. The first-order valence-electron chi connectivity index (χ1n) is 7.93. The van der Waals surface area contributed by atoms with Gasteiger partial charge in [-0.05, 0) is 34.9 Å². The largest absolute Gasteiger partial charge is 0.392 e. The zero-order valence-electron chi connectivity index (χ0n) is 14.0. The Morgan fingerprint density at radius 2 is 1.67 bits per heavy atom. The lowest BCUT2D eigenvalue weighted by molar-refractivity contribution is 0.103. The monoisotopic (exact) mass is 402 g/mol. The summed E-state index contributed by atoms with van der Waals surface area (Å²) in [6.07, 6.45) is 0. The summed E-state index contributed by atoms with van der Waals surface area (Å²) in [5.41, 5.74) is 2.08. The third-order valence-corrected chi connectivity index (χ3v) is 5.44. The van der Waals surface area contributed by atoms with E-state index < -0.39 is 20.8 Å². The summed E-state index contributed by atoms with van der Waals surface area (Å²) in [6, 6.07) is 17.9. The highest BCUT2D eigenvalue weighted by Gasteiger charge is 2.22. The number of hydrogen-bond acceptors (Lipinski definition) is 4. The molecular formula is C20H15ClO5S. The van der Waals surface area contributed by atoms with Crippen LogP contribution in [0.15, 0.2) is 71.6 Å². The van der Waals surface area contributed by atoms with E-state index in [1.165, 1.54) is 12.1 Å². The predicted octanol–water partition coefficient (Wildman–Crippen LogP) is 3.98. The van der Waals surface area contributed by atoms with Crippen molar-refractivity contribution in [2.45, 2.75) is 11.5 Å². The second kappa shape index (κ2) is 7.62. The van der Waals surface area contributed by atoms with Gasteiger partial charge in [-0.3, -0.25) is 9.35 Å². The van der Waals surface area contributed by atoms with E-state index in [-0.39, 0.29) is 22.8 Å². The van der Waals surface area contributed by atoms with E-state index in [1.807, 2.05) is 30.3 Å². The van der Waals surface area contributed by atoms with Gasteiger partial charge in [0.05, 0.1) is 11.6 Å². The van der Waals surface area contributed by atoms with E-state index in [9.17, 15) is 22.9 Å². The second-order valence-corrected chi connectivity index (χ2v) is 7.61. The fraction of sp³-hybridized carbons (Fsp3) is 0.0500. The van der Waals surface area contributed by atoms with Crippen LogP contribution >= 0.6 is 11.6 Å². The summed E-state index contributed by atoms with van der Waals surface area (Å²) in [4.78, 5) is 12.6. The Kier molecular flexibility index (Phi) is 5.43. The van der Waals surface area contributed by atoms with E-state index in [2.05, 4.69) is 0 Å². The normalized spacial score (nSPS) is 11.4. The van der Waals surface area contributed by atoms with Gasteiger partial charge in [0, 0.05) is 11.1 Å². The van der Waals surface area contributed by atoms with E-state index in [1.54, 1.807) is 18.2 Å². The summed E-state index contributed by atoms with van der Waals surface area (Å²) in [6.45, 7) is -0.361. The smallest absolute Gasteiger partial charge is 0.296 e. The van der Waals surface area contributed by atoms with Gasteiger partial charge in [0.1, 0.15) is 4.90 Å². The average molecular weight is 403 g/mol. The van der Waals surface area contributed by atoms with Crippen LogP contribution in [0.25, 0.3) is 11.1 Å². The summed E-state index contributed by atoms with van der Waals surface area (Å²) in [5, 5.41) is 9.52. The van der Waals surface area contributed by atoms with Crippen molar-refractivity contribution in [1.82, 2.24) is 0 Å². The SMILES string of the molecule is O=C(c1ccc(Cl)c(S(=O)(=O)O)c1)c1c(CO)cccc1-c1ccccc1. The molecule has 0 aliphatic carbocycles. The van der Waals surface area contributed by atoms with Gasteiger partial charge in [-0.2, -0.15) is 8.42 Å². The fourth-order valence-electron chi connectivity index (χ4n) is 2.84. The van der Waals surface area contributed by atoms with Gasteiger partial charge in [-0.1, -0.05) is 60.1 Å². The number of rotatable bonds is 5. The zero-order valence-corrected chi connectivity index (χ0v) is 15.5. The van der Waals surface area contributed by atoms with E-state index in [0.717, 1.165) is 11.6 Å². The molecule has 0 unspecified atom stereocenters. The Morgan fingerprint density at radius 1 is 0.963 bits per heavy atom. The minimum absolute atomic E-state index is 0.0325. The van der Waals surface area contributed by atoms with Crippen molar-refractivity contribution in [2.75, 3.05) is 0 Å². The van der Waals surface area contributed by atoms with Gasteiger partial charge < -0.3 is 5.11 Å². The number of aliphatic hydroxyl groups excluding tert-OH is 1. The van der Waals surface area contributed by atoms with Crippen molar-refractivity contribution in [3.8, 4) is 11.1 Å². The maximum Gasteiger partial charge on any atom is 0.296 e. The maximum atomic E-state index is 13.2. The molecule has 2 N–H and O–H groups in total. The lowest BCUT2D eigenvalue weighted by Gasteiger charge is -2.14. The number of carbonyl (C=O) groups excluding carboxylic acids is 1. The van der Waals surface area contributed by atoms with Crippen LogP contribution in [-0.2, 0) is 16.7 Å². The van der Waals surface area contributed by atoms with Crippen LogP contribution in [-0.4, -0.2) is 23.9 Å². The molecule has 3 aromatic carbocycles. The van der Waals surface area contributed by atoms with E-state index in [4.69, 9.17) is 11.6 Å². The Hall–Kier alpha value is -2.51. The first-order chi connectivity index (χ1) is 12.8. The molecule has 0 saturated carbocycles. The highest BCUT2D eigenvalue weighted by Crippen LogP contribution is 2.30. The van der Waals surface area contributed by atoms with E-state index in [0.29, 0.717) is 11.1 Å². The first kappa shape index (κ1) is 19.3. The summed E-state index contributed by atoms with van der Waals surface area (Å²) in [7, 11) is -4.58. The molecule has 7 heteroatoms. The van der Waals surface area contributed by atoms with Crippen LogP contribution in [0, 0.1) is 0 Å². The molecule has 0 aliphatic heterocycles. The molecule has 0 bridgehead atoms. The molecular weight excluding hydrogens is 388 g/mol. The van der Waals surface area contributed by atoms with Gasteiger partial charge in [-0.25, -0.2) is 0 Å². The van der Waals surface area contributed by atoms with E-state index >= 15 is 0 Å². The highest BCUT2D eigenvalue weighted by molar-refractivity contribution is 7.86. The van der Waals surface area contributed by atoms with Crippen LogP contribution in [0.3, 0.4) is 0 Å². The third-order valence-electron chi connectivity index (χ3n) is 4.10. The zero-order chi connectivity index (χ0) is 19.6. The second-order valence-electron chi connectivity index (χ2n) is 5.81. The average Bonchev–Trinajstić information content (AvgIpc) is 2.67. The van der Waals surface area contributed by atoms with Crippen molar-refractivity contribution in [3.63, 3.8) is 0 Å². The van der Waals surface area contributed by atoms with Crippen molar-refractivity contribution < 1.29 is 22.9 Å². The number of benzene rings is 3. The Morgan fingerprint density at radius 3 is 2.30 bits per heavy atom. The van der Waals surface area contributed by atoms with Crippen LogP contribution in [0.5, 0.6) is 0 Å². The molecule has 138 valence electrons. The molecule has 3 rings (SSSR count). The quantitative estimate of drug-likeness (QED) is 0.497. The van der Waals surface area contributed by atoms with Gasteiger partial charge in [0.15, 0.2) is 5.78 Å². The lowest BCUT2D eigenvalue weighted by Crippen LogP contribution is -2.10. The molecule has 0 spiro atoms. The Labute approximate surface area is 161 Å². The topological polar surface area (TPSA) is 91.7 Å². The molecule has 0 amide bonds. The van der Waals surface area contributed by atoms with Crippen LogP contribution < -0.4 is 0 Å². The standard InChI is InChI=1S/C20H15ClO5S/c21-17-10-9-14(11-18(17)27(24,25)26)20(23)19-15(12-22)7-4-8-16(19)13-5-2-1-3-6-13/h1-11,22H,12H2,(H,24,25,26). The van der Waals surface area contributed by atoms with Crippen molar-refractivity contribution >= 4 is 27.5 Å². The molecule has 0 aliphatic rings. The molecule has 0 saturated heterocycles. The lowest BCUT2D eigenvalue weighted by atomic mass is 9.90. The summed E-state index contributed by atoms with van der Waals surface area (Å²) in [5.74, 6) is -0.486. The van der Waals surface area contributed by atoms with Crippen molar-refractivity contribution in [2.24, 2.45) is 0 Å². The van der Waals surface area contributed by atoms with Gasteiger partial charge in [0.25, 0.3) is 10.1 Å². The molecule has 3 aromatic rings. The molecule has 0 radical (unpaired) electrons. The van der Waals surface area contributed by atoms with Crippen LogP contribution in [0.4, 0.5) is 0 Å². The molecule has 0 aromatic heterocycles. The van der Waals surface area contributed by atoms with Crippen LogP contribution in [0.2, 0.25) is 5.02 Å². The Balaban J connectivity index is 2.21. The van der Waals surface area contributed by atoms with Crippen molar-refractivity contribution in [1.29, 1.82) is 0 Å². The number of hydrogen-bond donors (Lipinski definition) is 2.